The fourth-order valence-electron chi connectivity index (χ4n) is 2.35. The summed E-state index contributed by atoms with van der Waals surface area (Å²) in [5.41, 5.74) is 1.31. The molecule has 3 nitrogen and oxygen atoms in total. The number of aryl methyl sites for hydroxylation is 1. The minimum atomic E-state index is 0.542. The van der Waals surface area contributed by atoms with Crippen LogP contribution in [0.4, 0.5) is 5.82 Å². The number of rotatable bonds is 3. The van der Waals surface area contributed by atoms with Crippen LogP contribution in [0.2, 0.25) is 0 Å². The van der Waals surface area contributed by atoms with Crippen molar-refractivity contribution in [2.75, 3.05) is 18.9 Å². The first-order chi connectivity index (χ1) is 7.70. The highest BCUT2D eigenvalue weighted by Crippen LogP contribution is 2.20. The number of nitrogens with zero attached hydrogens (tertiary/aromatic N) is 2. The molecule has 1 N–H and O–H groups in total. The summed E-state index contributed by atoms with van der Waals surface area (Å²) in [6.45, 7) is 5.56. The molecule has 1 aromatic rings. The van der Waals surface area contributed by atoms with E-state index in [1.807, 2.05) is 12.3 Å². The van der Waals surface area contributed by atoms with Gasteiger partial charge in [0.15, 0.2) is 0 Å². The number of anilines is 1. The van der Waals surface area contributed by atoms with Crippen molar-refractivity contribution in [2.45, 2.75) is 38.8 Å². The van der Waals surface area contributed by atoms with Gasteiger partial charge in [-0.3, -0.25) is 0 Å². The molecule has 1 aliphatic heterocycles. The van der Waals surface area contributed by atoms with E-state index in [0.717, 1.165) is 18.8 Å². The monoisotopic (exact) mass is 219 g/mol. The van der Waals surface area contributed by atoms with Crippen LogP contribution in [-0.2, 0) is 6.42 Å². The van der Waals surface area contributed by atoms with E-state index >= 15 is 0 Å². The summed E-state index contributed by atoms with van der Waals surface area (Å²) < 4.78 is 0. The van der Waals surface area contributed by atoms with Gasteiger partial charge in [-0.25, -0.2) is 4.98 Å². The molecule has 1 fully saturated rings. The Bertz CT molecular complexity index is 341. The zero-order chi connectivity index (χ0) is 11.5. The normalized spacial score (nSPS) is 25.9. The van der Waals surface area contributed by atoms with E-state index in [9.17, 15) is 0 Å². The third kappa shape index (κ3) is 2.35. The van der Waals surface area contributed by atoms with E-state index in [4.69, 9.17) is 0 Å². The lowest BCUT2D eigenvalue weighted by atomic mass is 10.1. The van der Waals surface area contributed by atoms with Gasteiger partial charge < -0.3 is 10.2 Å². The summed E-state index contributed by atoms with van der Waals surface area (Å²) in [7, 11) is 2.19. The third-order valence-corrected chi connectivity index (χ3v) is 3.50. The number of likely N-dealkylation sites (tertiary alicyclic amines) is 1. The average molecular weight is 219 g/mol. The molecule has 1 aliphatic rings. The molecule has 0 radical (unpaired) electrons. The van der Waals surface area contributed by atoms with Crippen molar-refractivity contribution in [3.63, 3.8) is 0 Å². The number of hydrogen-bond acceptors (Lipinski definition) is 3. The predicted octanol–water partition coefficient (Wildman–Crippen LogP) is 2.15. The Kier molecular flexibility index (Phi) is 3.44. The molecule has 0 saturated carbocycles. The molecule has 0 bridgehead atoms. The van der Waals surface area contributed by atoms with E-state index in [1.165, 1.54) is 12.0 Å². The summed E-state index contributed by atoms with van der Waals surface area (Å²) in [6, 6.07) is 5.37. The van der Waals surface area contributed by atoms with E-state index in [2.05, 4.69) is 42.2 Å². The molecule has 1 saturated heterocycles. The number of nitrogens with one attached hydrogen (secondary N) is 1. The molecule has 2 atom stereocenters. The molecule has 2 heterocycles. The molecular formula is C13H21N3. The van der Waals surface area contributed by atoms with Crippen LogP contribution in [0.5, 0.6) is 0 Å². The highest BCUT2D eigenvalue weighted by Gasteiger charge is 2.26. The lowest BCUT2D eigenvalue weighted by molar-refractivity contribution is 0.330. The molecule has 0 aliphatic carbocycles. The molecule has 1 aromatic heterocycles. The predicted molar refractivity (Wildman–Crippen MR) is 67.7 cm³/mol. The molecule has 0 aromatic carbocycles. The van der Waals surface area contributed by atoms with Crippen molar-refractivity contribution in [2.24, 2.45) is 0 Å². The molecule has 0 amide bonds. The fraction of sp³-hybridized carbons (Fsp3) is 0.615. The highest BCUT2D eigenvalue weighted by atomic mass is 15.2. The van der Waals surface area contributed by atoms with Gasteiger partial charge in [0.1, 0.15) is 5.82 Å². The van der Waals surface area contributed by atoms with Gasteiger partial charge in [-0.1, -0.05) is 13.0 Å². The van der Waals surface area contributed by atoms with Crippen molar-refractivity contribution in [1.29, 1.82) is 0 Å². The summed E-state index contributed by atoms with van der Waals surface area (Å²) >= 11 is 0. The number of aromatic nitrogens is 1. The van der Waals surface area contributed by atoms with E-state index in [-0.39, 0.29) is 0 Å². The van der Waals surface area contributed by atoms with Crippen molar-refractivity contribution < 1.29 is 0 Å². The molecule has 3 heteroatoms. The Hall–Kier alpha value is -1.09. The van der Waals surface area contributed by atoms with Crippen LogP contribution in [0, 0.1) is 0 Å². The van der Waals surface area contributed by atoms with Crippen LogP contribution in [0.25, 0.3) is 0 Å². The first kappa shape index (κ1) is 11.4. The van der Waals surface area contributed by atoms with Crippen molar-refractivity contribution in [3.8, 4) is 0 Å². The van der Waals surface area contributed by atoms with Gasteiger partial charge in [0.05, 0.1) is 0 Å². The average Bonchev–Trinajstić information content (AvgIpc) is 2.59. The maximum Gasteiger partial charge on any atom is 0.129 e. The van der Waals surface area contributed by atoms with Crippen LogP contribution in [0.3, 0.4) is 0 Å². The van der Waals surface area contributed by atoms with E-state index in [1.54, 1.807) is 0 Å². The van der Waals surface area contributed by atoms with Crippen LogP contribution < -0.4 is 5.32 Å². The summed E-state index contributed by atoms with van der Waals surface area (Å²) in [4.78, 5) is 6.83. The van der Waals surface area contributed by atoms with Gasteiger partial charge in [0.25, 0.3) is 0 Å². The topological polar surface area (TPSA) is 28.2 Å². The van der Waals surface area contributed by atoms with Gasteiger partial charge in [0.2, 0.25) is 0 Å². The Morgan fingerprint density at radius 1 is 1.56 bits per heavy atom. The Labute approximate surface area is 97.9 Å². The van der Waals surface area contributed by atoms with Gasteiger partial charge in [-0.15, -0.1) is 0 Å². The number of pyridine rings is 1. The zero-order valence-electron chi connectivity index (χ0n) is 10.4. The fourth-order valence-corrected chi connectivity index (χ4v) is 2.35. The van der Waals surface area contributed by atoms with Gasteiger partial charge >= 0.3 is 0 Å². The highest BCUT2D eigenvalue weighted by molar-refractivity contribution is 5.44. The maximum absolute atomic E-state index is 4.43. The molecule has 88 valence electrons. The maximum atomic E-state index is 4.43. The first-order valence-electron chi connectivity index (χ1n) is 6.11. The quantitative estimate of drug-likeness (QED) is 0.844. The minimum absolute atomic E-state index is 0.542. The Morgan fingerprint density at radius 2 is 2.38 bits per heavy atom. The van der Waals surface area contributed by atoms with Crippen LogP contribution >= 0.6 is 0 Å². The molecule has 16 heavy (non-hydrogen) atoms. The van der Waals surface area contributed by atoms with E-state index < -0.39 is 0 Å². The summed E-state index contributed by atoms with van der Waals surface area (Å²) in [5, 5.41) is 3.57. The second-order valence-corrected chi connectivity index (χ2v) is 4.73. The summed E-state index contributed by atoms with van der Waals surface area (Å²) in [5.74, 6) is 1.07. The van der Waals surface area contributed by atoms with Crippen LogP contribution in [-0.4, -0.2) is 35.6 Å². The van der Waals surface area contributed by atoms with Gasteiger partial charge in [0, 0.05) is 24.8 Å². The Balaban J connectivity index is 2.04. The molecule has 2 rings (SSSR count). The second kappa shape index (κ2) is 4.83. The number of hydrogen-bond donors (Lipinski definition) is 1. The Morgan fingerprint density at radius 3 is 3.00 bits per heavy atom. The SMILES string of the molecule is CCc1cccnc1NC1CC(C)N(C)C1. The van der Waals surface area contributed by atoms with Gasteiger partial charge in [-0.2, -0.15) is 0 Å². The van der Waals surface area contributed by atoms with Crippen molar-refractivity contribution in [1.82, 2.24) is 9.88 Å². The van der Waals surface area contributed by atoms with Gasteiger partial charge in [-0.05, 0) is 38.4 Å². The smallest absolute Gasteiger partial charge is 0.129 e. The van der Waals surface area contributed by atoms with Crippen LogP contribution in [0.15, 0.2) is 18.3 Å². The zero-order valence-corrected chi connectivity index (χ0v) is 10.4. The molecular weight excluding hydrogens is 198 g/mol. The van der Waals surface area contributed by atoms with Crippen molar-refractivity contribution >= 4 is 5.82 Å². The second-order valence-electron chi connectivity index (χ2n) is 4.73. The summed E-state index contributed by atoms with van der Waals surface area (Å²) in [6.07, 6.45) is 4.11. The minimum Gasteiger partial charge on any atom is -0.366 e. The van der Waals surface area contributed by atoms with E-state index in [0.29, 0.717) is 12.1 Å². The number of likely N-dealkylation sites (N-methyl/N-ethyl adjacent to an activating group) is 1. The largest absolute Gasteiger partial charge is 0.366 e. The standard InChI is InChI=1S/C13H21N3/c1-4-11-6-5-7-14-13(11)15-12-8-10(2)16(3)9-12/h5-7,10,12H,4,8-9H2,1-3H3,(H,14,15). The lowest BCUT2D eigenvalue weighted by Gasteiger charge is -2.15. The van der Waals surface area contributed by atoms with Crippen molar-refractivity contribution in [3.05, 3.63) is 23.9 Å². The molecule has 2 unspecified atom stereocenters. The third-order valence-electron chi connectivity index (χ3n) is 3.50. The van der Waals surface area contributed by atoms with Crippen LogP contribution in [0.1, 0.15) is 25.8 Å². The lowest BCUT2D eigenvalue weighted by Crippen LogP contribution is -2.25. The first-order valence-corrected chi connectivity index (χ1v) is 6.11. The molecule has 0 spiro atoms.